The van der Waals surface area contributed by atoms with Crippen LogP contribution in [0.1, 0.15) is 59.1 Å². The summed E-state index contributed by atoms with van der Waals surface area (Å²) in [6, 6.07) is 0. The molecule has 0 spiro atoms. The van der Waals surface area contributed by atoms with E-state index in [0.717, 1.165) is 25.0 Å². The largest absolute Gasteiger partial charge is 0.456 e. The van der Waals surface area contributed by atoms with Crippen LogP contribution in [0.3, 0.4) is 0 Å². The molecule has 1 aliphatic rings. The van der Waals surface area contributed by atoms with Gasteiger partial charge < -0.3 is 47.7 Å². The summed E-state index contributed by atoms with van der Waals surface area (Å²) in [5.41, 5.74) is 0.738. The monoisotopic (exact) mass is 647 g/mol. The fourth-order valence-corrected chi connectivity index (χ4v) is 4.42. The molecule has 0 aliphatic carbocycles. The smallest absolute Gasteiger partial charge is 0.303 e. The zero-order valence-electron chi connectivity index (χ0n) is 26.8. The maximum Gasteiger partial charge on any atom is 0.303 e. The number of hydrogen-bond donors (Lipinski definition) is 1. The number of nitrogens with zero attached hydrogens (tertiary/aromatic N) is 3. The summed E-state index contributed by atoms with van der Waals surface area (Å²) in [5.74, 6) is -1.81. The molecule has 2 heterocycles. The van der Waals surface area contributed by atoms with Crippen molar-refractivity contribution in [1.82, 2.24) is 15.0 Å². The predicted octanol–water partition coefficient (Wildman–Crippen LogP) is 0.954. The minimum absolute atomic E-state index is 0.00417. The van der Waals surface area contributed by atoms with E-state index in [-0.39, 0.29) is 6.61 Å². The summed E-state index contributed by atoms with van der Waals surface area (Å²) in [5, 5.41) is 16.8. The highest BCUT2D eigenvalue weighted by atomic mass is 16.7. The predicted molar refractivity (Wildman–Crippen MR) is 155 cm³/mol. The van der Waals surface area contributed by atoms with Crippen LogP contribution in [-0.2, 0) is 70.2 Å². The highest BCUT2D eigenvalue weighted by molar-refractivity contribution is 5.68. The van der Waals surface area contributed by atoms with Gasteiger partial charge in [0, 0.05) is 34.0 Å². The Morgan fingerprint density at radius 3 is 1.98 bits per heavy atom. The lowest BCUT2D eigenvalue weighted by Crippen LogP contribution is -2.61. The van der Waals surface area contributed by atoms with Crippen LogP contribution in [0.25, 0.3) is 0 Å². The van der Waals surface area contributed by atoms with Gasteiger partial charge in [0.1, 0.15) is 5.69 Å². The lowest BCUT2D eigenvalue weighted by atomic mass is 9.99. The van der Waals surface area contributed by atoms with Gasteiger partial charge in [-0.2, -0.15) is 0 Å². The molecular formula is C29H49N3O13. The first-order valence-electron chi connectivity index (χ1n) is 15.3. The number of esters is 3. The summed E-state index contributed by atoms with van der Waals surface area (Å²) in [7, 11) is 0. The van der Waals surface area contributed by atoms with Gasteiger partial charge in [-0.05, 0) is 19.8 Å². The van der Waals surface area contributed by atoms with Crippen LogP contribution in [0.15, 0.2) is 6.20 Å². The number of ether oxygens (including phenoxy) is 9. The van der Waals surface area contributed by atoms with Crippen molar-refractivity contribution in [2.45, 2.75) is 97.2 Å². The fraction of sp³-hybridized carbons (Fsp3) is 0.828. The molecule has 0 radical (unpaired) electrons. The second-order valence-corrected chi connectivity index (χ2v) is 10.3. The van der Waals surface area contributed by atoms with E-state index in [1.165, 1.54) is 20.8 Å². The molecule has 5 unspecified atom stereocenters. The van der Waals surface area contributed by atoms with Crippen LogP contribution in [-0.4, -0.2) is 128 Å². The Hall–Kier alpha value is -2.73. The number of unbranched alkanes of at least 4 members (excludes halogenated alkanes) is 3. The van der Waals surface area contributed by atoms with Gasteiger partial charge in [-0.25, -0.2) is 4.68 Å². The van der Waals surface area contributed by atoms with Crippen molar-refractivity contribution in [3.63, 3.8) is 0 Å². The summed E-state index contributed by atoms with van der Waals surface area (Å²) >= 11 is 0. The van der Waals surface area contributed by atoms with Crippen LogP contribution in [0.2, 0.25) is 0 Å². The molecule has 1 fully saturated rings. The first kappa shape index (κ1) is 38.5. The van der Waals surface area contributed by atoms with E-state index < -0.39 is 48.6 Å². The standard InChI is InChI=1S/C29H49N3O13/c1-21-26(43-22(2)34)27(44-23(3)35)28(45-24(4)36)29(42-21)41-12-8-6-5-7-11-40-20-25-19-32(31-30-25)9-13-37-15-17-39-18-16-38-14-10-33/h19,21,26-29,33H,5-18,20H2,1-4H3. The number of rotatable bonds is 24. The van der Waals surface area contributed by atoms with Gasteiger partial charge in [-0.1, -0.05) is 18.1 Å². The normalized spacial score (nSPS) is 21.4. The number of carbonyl (C=O) groups excluding carboxylic acids is 3. The Morgan fingerprint density at radius 2 is 1.33 bits per heavy atom. The van der Waals surface area contributed by atoms with Crippen LogP contribution in [0.4, 0.5) is 0 Å². The van der Waals surface area contributed by atoms with Gasteiger partial charge in [0.25, 0.3) is 0 Å². The molecule has 0 aromatic carbocycles. The maximum absolute atomic E-state index is 11.8. The van der Waals surface area contributed by atoms with E-state index in [2.05, 4.69) is 10.3 Å². The molecule has 0 bridgehead atoms. The molecule has 258 valence electrons. The number of aliphatic hydroxyl groups excluding tert-OH is 1. The van der Waals surface area contributed by atoms with Crippen LogP contribution in [0, 0.1) is 0 Å². The third-order valence-electron chi connectivity index (χ3n) is 6.38. The molecule has 0 amide bonds. The lowest BCUT2D eigenvalue weighted by molar-refractivity contribution is -0.300. The minimum atomic E-state index is -1.10. The fourth-order valence-electron chi connectivity index (χ4n) is 4.42. The van der Waals surface area contributed by atoms with E-state index >= 15 is 0 Å². The number of hydrogen-bond acceptors (Lipinski definition) is 15. The van der Waals surface area contributed by atoms with Crippen molar-refractivity contribution in [2.24, 2.45) is 0 Å². The SMILES string of the molecule is CC(=O)OC1C(C)OC(OCCCCCCOCc2cn(CCOCCOCCOCCO)nn2)C(OC(C)=O)C1OC(C)=O. The molecule has 1 saturated heterocycles. The minimum Gasteiger partial charge on any atom is -0.456 e. The van der Waals surface area contributed by atoms with Crippen molar-refractivity contribution in [2.75, 3.05) is 59.5 Å². The van der Waals surface area contributed by atoms with E-state index in [0.29, 0.717) is 72.4 Å². The Morgan fingerprint density at radius 1 is 0.756 bits per heavy atom. The van der Waals surface area contributed by atoms with E-state index in [9.17, 15) is 14.4 Å². The summed E-state index contributed by atoms with van der Waals surface area (Å²) in [6.07, 6.45) is 0.383. The molecule has 5 atom stereocenters. The molecule has 2 rings (SSSR count). The van der Waals surface area contributed by atoms with Crippen molar-refractivity contribution in [3.8, 4) is 0 Å². The molecule has 45 heavy (non-hydrogen) atoms. The van der Waals surface area contributed by atoms with E-state index in [1.807, 2.05) is 6.20 Å². The van der Waals surface area contributed by atoms with Gasteiger partial charge in [-0.15, -0.1) is 5.10 Å². The van der Waals surface area contributed by atoms with Gasteiger partial charge in [0.2, 0.25) is 0 Å². The highest BCUT2D eigenvalue weighted by Gasteiger charge is 2.50. The average Bonchev–Trinajstić information content (AvgIpc) is 3.43. The zero-order chi connectivity index (χ0) is 32.9. The Labute approximate surface area is 263 Å². The summed E-state index contributed by atoms with van der Waals surface area (Å²) in [4.78, 5) is 35.2. The Bertz CT molecular complexity index is 979. The molecule has 0 saturated carbocycles. The maximum atomic E-state index is 11.8. The van der Waals surface area contributed by atoms with Crippen molar-refractivity contribution in [1.29, 1.82) is 0 Å². The average molecular weight is 648 g/mol. The summed E-state index contributed by atoms with van der Waals surface area (Å²) in [6.45, 7) is 9.80. The second kappa shape index (κ2) is 22.7. The third-order valence-corrected chi connectivity index (χ3v) is 6.38. The highest BCUT2D eigenvalue weighted by Crippen LogP contribution is 2.29. The lowest BCUT2D eigenvalue weighted by Gasteiger charge is -2.43. The molecular weight excluding hydrogens is 598 g/mol. The quantitative estimate of drug-likeness (QED) is 0.0949. The van der Waals surface area contributed by atoms with E-state index in [1.54, 1.807) is 11.6 Å². The molecule has 16 heteroatoms. The number of aliphatic hydroxyl groups is 1. The molecule has 1 aliphatic heterocycles. The van der Waals surface area contributed by atoms with Crippen LogP contribution >= 0.6 is 0 Å². The second-order valence-electron chi connectivity index (χ2n) is 10.3. The molecule has 1 aromatic heterocycles. The first-order chi connectivity index (χ1) is 21.7. The Kier molecular flexibility index (Phi) is 19.4. The van der Waals surface area contributed by atoms with Crippen molar-refractivity contribution >= 4 is 17.9 Å². The van der Waals surface area contributed by atoms with E-state index in [4.69, 9.17) is 47.7 Å². The van der Waals surface area contributed by atoms with Crippen LogP contribution in [0.5, 0.6) is 0 Å². The van der Waals surface area contributed by atoms with Gasteiger partial charge >= 0.3 is 17.9 Å². The molecule has 1 N–H and O–H groups in total. The number of carbonyl (C=O) groups is 3. The van der Waals surface area contributed by atoms with Gasteiger partial charge in [0.15, 0.2) is 24.6 Å². The molecule has 16 nitrogen and oxygen atoms in total. The topological polar surface area (TPSA) is 185 Å². The number of aromatic nitrogens is 3. The Balaban J connectivity index is 1.58. The third kappa shape index (κ3) is 16.4. The van der Waals surface area contributed by atoms with Gasteiger partial charge in [0.05, 0.1) is 71.7 Å². The van der Waals surface area contributed by atoms with Crippen molar-refractivity contribution in [3.05, 3.63) is 11.9 Å². The molecule has 1 aromatic rings. The van der Waals surface area contributed by atoms with Crippen molar-refractivity contribution < 1.29 is 62.1 Å². The first-order valence-corrected chi connectivity index (χ1v) is 15.3. The van der Waals surface area contributed by atoms with Gasteiger partial charge in [-0.3, -0.25) is 14.4 Å². The zero-order valence-corrected chi connectivity index (χ0v) is 26.8. The van der Waals surface area contributed by atoms with Crippen LogP contribution < -0.4 is 0 Å². The summed E-state index contributed by atoms with van der Waals surface area (Å²) < 4.78 is 51.2.